The first-order chi connectivity index (χ1) is 9.36. The summed E-state index contributed by atoms with van der Waals surface area (Å²) in [6, 6.07) is 4.81. The third-order valence-corrected chi connectivity index (χ3v) is 4.46. The van der Waals surface area contributed by atoms with E-state index in [4.69, 9.17) is 5.73 Å². The third kappa shape index (κ3) is 3.55. The van der Waals surface area contributed by atoms with Gasteiger partial charge < -0.3 is 11.1 Å². The molecule has 20 heavy (non-hydrogen) atoms. The van der Waals surface area contributed by atoms with Crippen molar-refractivity contribution in [2.24, 2.45) is 5.73 Å². The third-order valence-electron chi connectivity index (χ3n) is 2.52. The molecule has 8 heteroatoms. The zero-order chi connectivity index (χ0) is 14.8. The molecule has 0 spiro atoms. The Morgan fingerprint density at radius 2 is 2.20 bits per heavy atom. The molecule has 0 fully saturated rings. The van der Waals surface area contributed by atoms with Gasteiger partial charge in [-0.15, -0.1) is 11.3 Å². The summed E-state index contributed by atoms with van der Waals surface area (Å²) in [5, 5.41) is 4.83. The van der Waals surface area contributed by atoms with E-state index in [2.05, 4.69) is 10.3 Å². The molecule has 0 bridgehead atoms. The minimum Gasteiger partial charge on any atom is -0.379 e. The first-order valence-electron chi connectivity index (χ1n) is 5.63. The number of carbonyl (C=O) groups is 1. The van der Waals surface area contributed by atoms with Crippen LogP contribution in [0.1, 0.15) is 15.2 Å². The average molecular weight is 311 g/mol. The van der Waals surface area contributed by atoms with Crippen LogP contribution in [0.4, 0.5) is 5.69 Å². The fourth-order valence-corrected chi connectivity index (χ4v) is 2.87. The maximum absolute atomic E-state index is 11.3. The van der Waals surface area contributed by atoms with E-state index >= 15 is 0 Å². The van der Waals surface area contributed by atoms with Gasteiger partial charge in [0.2, 0.25) is 5.91 Å². The maximum atomic E-state index is 11.3. The highest BCUT2D eigenvalue weighted by Gasteiger charge is 2.08. The van der Waals surface area contributed by atoms with Gasteiger partial charge in [0.25, 0.3) is 0 Å². The van der Waals surface area contributed by atoms with Gasteiger partial charge >= 0.3 is 0 Å². The van der Waals surface area contributed by atoms with E-state index in [1.165, 1.54) is 23.6 Å². The van der Waals surface area contributed by atoms with Gasteiger partial charge in [-0.2, -0.15) is 0 Å². The first-order valence-corrected chi connectivity index (χ1v) is 8.40. The van der Waals surface area contributed by atoms with Gasteiger partial charge in [0.15, 0.2) is 14.9 Å². The van der Waals surface area contributed by atoms with Crippen LogP contribution in [-0.4, -0.2) is 25.6 Å². The Balaban J connectivity index is 2.02. The lowest BCUT2D eigenvalue weighted by Gasteiger charge is -2.04. The summed E-state index contributed by atoms with van der Waals surface area (Å²) in [5.41, 5.74) is 6.36. The number of carbonyl (C=O) groups excluding carboxylic acids is 1. The van der Waals surface area contributed by atoms with E-state index in [0.29, 0.717) is 17.8 Å². The highest BCUT2D eigenvalue weighted by atomic mass is 32.2. The molecule has 6 nitrogen and oxygen atoms in total. The Kier molecular flexibility index (Phi) is 4.05. The van der Waals surface area contributed by atoms with Crippen LogP contribution < -0.4 is 11.1 Å². The van der Waals surface area contributed by atoms with E-state index in [9.17, 15) is 13.2 Å². The number of rotatable bonds is 5. The number of anilines is 1. The van der Waals surface area contributed by atoms with Gasteiger partial charge in [0.05, 0.1) is 17.4 Å². The number of hydrogen-bond acceptors (Lipinski definition) is 6. The second kappa shape index (κ2) is 5.59. The molecule has 0 aliphatic heterocycles. The standard InChI is InChI=1S/C12H13N3O3S2/c1-20(17,18)11-3-2-9(5-15-11)14-6-10-4-8(7-19-10)12(13)16/h2-5,7,14H,6H2,1H3,(H2,13,16). The zero-order valence-electron chi connectivity index (χ0n) is 10.7. The summed E-state index contributed by atoms with van der Waals surface area (Å²) in [4.78, 5) is 15.8. The SMILES string of the molecule is CS(=O)(=O)c1ccc(NCc2cc(C(N)=O)cs2)cn1. The fraction of sp³-hybridized carbons (Fsp3) is 0.167. The molecule has 2 aromatic heterocycles. The van der Waals surface area contributed by atoms with Crippen LogP contribution in [0.15, 0.2) is 34.8 Å². The lowest BCUT2D eigenvalue weighted by Crippen LogP contribution is -2.09. The Bertz CT molecular complexity index is 721. The number of thiophene rings is 1. The number of pyridine rings is 1. The second-order valence-corrected chi connectivity index (χ2v) is 7.14. The number of hydrogen-bond donors (Lipinski definition) is 2. The maximum Gasteiger partial charge on any atom is 0.249 e. The Morgan fingerprint density at radius 3 is 2.70 bits per heavy atom. The molecule has 2 heterocycles. The van der Waals surface area contributed by atoms with Crippen LogP contribution in [0.5, 0.6) is 0 Å². The van der Waals surface area contributed by atoms with Gasteiger partial charge in [0.1, 0.15) is 0 Å². The number of aromatic nitrogens is 1. The predicted molar refractivity (Wildman–Crippen MR) is 77.5 cm³/mol. The lowest BCUT2D eigenvalue weighted by atomic mass is 10.3. The van der Waals surface area contributed by atoms with Crippen LogP contribution in [0.25, 0.3) is 0 Å². The van der Waals surface area contributed by atoms with Crippen molar-refractivity contribution in [2.75, 3.05) is 11.6 Å². The Morgan fingerprint density at radius 1 is 1.45 bits per heavy atom. The molecular weight excluding hydrogens is 298 g/mol. The topological polar surface area (TPSA) is 102 Å². The number of nitrogens with one attached hydrogen (secondary N) is 1. The van der Waals surface area contributed by atoms with Gasteiger partial charge in [-0.1, -0.05) is 0 Å². The molecule has 3 N–H and O–H groups in total. The normalized spacial score (nSPS) is 11.2. The fourth-order valence-electron chi connectivity index (χ4n) is 1.50. The molecule has 0 aromatic carbocycles. The largest absolute Gasteiger partial charge is 0.379 e. The molecule has 0 atom stereocenters. The minimum absolute atomic E-state index is 0.0372. The van der Waals surface area contributed by atoms with Crippen molar-refractivity contribution in [3.8, 4) is 0 Å². The summed E-state index contributed by atoms with van der Waals surface area (Å²) < 4.78 is 22.5. The smallest absolute Gasteiger partial charge is 0.249 e. The van der Waals surface area contributed by atoms with Crippen LogP contribution >= 0.6 is 11.3 Å². The second-order valence-electron chi connectivity index (χ2n) is 4.18. The highest BCUT2D eigenvalue weighted by molar-refractivity contribution is 7.90. The Hall–Kier alpha value is -1.93. The van der Waals surface area contributed by atoms with Crippen LogP contribution in [0, 0.1) is 0 Å². The van der Waals surface area contributed by atoms with Crippen LogP contribution in [0.2, 0.25) is 0 Å². The van der Waals surface area contributed by atoms with E-state index < -0.39 is 15.7 Å². The van der Waals surface area contributed by atoms with Crippen molar-refractivity contribution in [3.63, 3.8) is 0 Å². The molecule has 1 amide bonds. The molecule has 0 aliphatic rings. The molecule has 0 aliphatic carbocycles. The van der Waals surface area contributed by atoms with Crippen molar-refractivity contribution in [1.82, 2.24) is 4.98 Å². The number of sulfone groups is 1. The van der Waals surface area contributed by atoms with Crippen molar-refractivity contribution in [2.45, 2.75) is 11.6 Å². The molecular formula is C12H13N3O3S2. The average Bonchev–Trinajstić information content (AvgIpc) is 2.85. The van der Waals surface area contributed by atoms with Crippen molar-refractivity contribution in [3.05, 3.63) is 40.2 Å². The van der Waals surface area contributed by atoms with Crippen LogP contribution in [-0.2, 0) is 16.4 Å². The van der Waals surface area contributed by atoms with Gasteiger partial charge in [-0.3, -0.25) is 4.79 Å². The number of amides is 1. The number of nitrogens with zero attached hydrogens (tertiary/aromatic N) is 1. The quantitative estimate of drug-likeness (QED) is 0.865. The lowest BCUT2D eigenvalue weighted by molar-refractivity contribution is 0.100. The molecule has 106 valence electrons. The summed E-state index contributed by atoms with van der Waals surface area (Å²) >= 11 is 1.42. The van der Waals surface area contributed by atoms with Gasteiger partial charge in [-0.25, -0.2) is 13.4 Å². The summed E-state index contributed by atoms with van der Waals surface area (Å²) in [5.74, 6) is -0.452. The summed E-state index contributed by atoms with van der Waals surface area (Å²) in [6.45, 7) is 0.512. The molecule has 2 rings (SSSR count). The van der Waals surface area contributed by atoms with Crippen LogP contribution in [0.3, 0.4) is 0 Å². The predicted octanol–water partition coefficient (Wildman–Crippen LogP) is 1.26. The molecule has 0 saturated heterocycles. The molecule has 0 radical (unpaired) electrons. The van der Waals surface area contributed by atoms with E-state index in [0.717, 1.165) is 11.1 Å². The van der Waals surface area contributed by atoms with Gasteiger partial charge in [0, 0.05) is 23.1 Å². The van der Waals surface area contributed by atoms with E-state index in [1.54, 1.807) is 17.5 Å². The minimum atomic E-state index is -3.28. The van der Waals surface area contributed by atoms with Crippen molar-refractivity contribution in [1.29, 1.82) is 0 Å². The molecule has 2 aromatic rings. The van der Waals surface area contributed by atoms with Crippen molar-refractivity contribution < 1.29 is 13.2 Å². The van der Waals surface area contributed by atoms with E-state index in [-0.39, 0.29) is 5.03 Å². The summed E-state index contributed by atoms with van der Waals surface area (Å²) in [6.07, 6.45) is 2.57. The molecule has 0 unspecified atom stereocenters. The first kappa shape index (κ1) is 14.5. The van der Waals surface area contributed by atoms with Crippen molar-refractivity contribution >= 4 is 32.8 Å². The van der Waals surface area contributed by atoms with E-state index in [1.807, 2.05) is 0 Å². The highest BCUT2D eigenvalue weighted by Crippen LogP contribution is 2.17. The van der Waals surface area contributed by atoms with Gasteiger partial charge in [-0.05, 0) is 18.2 Å². The number of nitrogens with two attached hydrogens (primary N) is 1. The molecule has 0 saturated carbocycles. The summed E-state index contributed by atoms with van der Waals surface area (Å²) in [7, 11) is -3.28. The monoisotopic (exact) mass is 311 g/mol. The number of primary amides is 1. The zero-order valence-corrected chi connectivity index (χ0v) is 12.3. The Labute approximate surface area is 120 Å².